The fraction of sp³-hybridized carbons (Fsp3) is 0. The van der Waals surface area contributed by atoms with E-state index in [1.54, 1.807) is 17.5 Å². The summed E-state index contributed by atoms with van der Waals surface area (Å²) in [6.45, 7) is 0. The summed E-state index contributed by atoms with van der Waals surface area (Å²) in [6.07, 6.45) is 0. The van der Waals surface area contributed by atoms with Crippen LogP contribution in [0.3, 0.4) is 0 Å². The van der Waals surface area contributed by atoms with Gasteiger partial charge in [0.15, 0.2) is 0 Å². The summed E-state index contributed by atoms with van der Waals surface area (Å²) in [5.41, 5.74) is -0.230. The van der Waals surface area contributed by atoms with Gasteiger partial charge < -0.3 is 10.4 Å². The van der Waals surface area contributed by atoms with E-state index in [0.717, 1.165) is 18.2 Å². The highest BCUT2D eigenvalue weighted by Crippen LogP contribution is 2.18. The molecule has 0 bridgehead atoms. The number of hydrogen-bond donors (Lipinski definition) is 2. The van der Waals surface area contributed by atoms with Gasteiger partial charge in [0.1, 0.15) is 5.82 Å². The SMILES string of the molecule is O=C(O)c1ccc(F)c(NC(=O)c2cccs2)c1. The predicted molar refractivity (Wildman–Crippen MR) is 65.6 cm³/mol. The number of benzene rings is 1. The Kier molecular flexibility index (Phi) is 3.38. The number of hydrogen-bond acceptors (Lipinski definition) is 3. The average Bonchev–Trinajstić information content (AvgIpc) is 2.85. The Morgan fingerprint density at radius 1 is 1.28 bits per heavy atom. The molecule has 0 unspecified atom stereocenters. The first-order valence-corrected chi connectivity index (χ1v) is 5.83. The number of carboxylic acids is 1. The van der Waals surface area contributed by atoms with Gasteiger partial charge in [-0.2, -0.15) is 0 Å². The molecule has 2 rings (SSSR count). The molecule has 1 heterocycles. The van der Waals surface area contributed by atoms with Gasteiger partial charge in [0.2, 0.25) is 0 Å². The third-order valence-corrected chi connectivity index (χ3v) is 3.08. The standard InChI is InChI=1S/C12H8FNO3S/c13-8-4-3-7(12(16)17)6-9(8)14-11(15)10-2-1-5-18-10/h1-6H,(H,14,15)(H,16,17). The van der Waals surface area contributed by atoms with Crippen molar-refractivity contribution in [2.24, 2.45) is 0 Å². The summed E-state index contributed by atoms with van der Waals surface area (Å²) in [5.74, 6) is -2.32. The summed E-state index contributed by atoms with van der Waals surface area (Å²) in [6, 6.07) is 6.53. The van der Waals surface area contributed by atoms with Crippen LogP contribution in [0, 0.1) is 5.82 Å². The number of thiophene rings is 1. The van der Waals surface area contributed by atoms with E-state index >= 15 is 0 Å². The zero-order chi connectivity index (χ0) is 13.1. The lowest BCUT2D eigenvalue weighted by molar-refractivity contribution is 0.0696. The van der Waals surface area contributed by atoms with Crippen LogP contribution in [0.4, 0.5) is 10.1 Å². The zero-order valence-corrected chi connectivity index (χ0v) is 9.83. The molecule has 0 atom stereocenters. The Bertz CT molecular complexity index is 595. The van der Waals surface area contributed by atoms with E-state index in [4.69, 9.17) is 5.11 Å². The van der Waals surface area contributed by atoms with E-state index in [1.807, 2.05) is 0 Å². The molecule has 0 spiro atoms. The van der Waals surface area contributed by atoms with Crippen molar-refractivity contribution < 1.29 is 19.1 Å². The van der Waals surface area contributed by atoms with Crippen LogP contribution in [0.15, 0.2) is 35.7 Å². The average molecular weight is 265 g/mol. The minimum Gasteiger partial charge on any atom is -0.478 e. The van der Waals surface area contributed by atoms with Crippen LogP contribution in [-0.2, 0) is 0 Å². The smallest absolute Gasteiger partial charge is 0.335 e. The summed E-state index contributed by atoms with van der Waals surface area (Å²) in [5, 5.41) is 12.8. The molecule has 1 aromatic heterocycles. The third-order valence-electron chi connectivity index (χ3n) is 2.21. The molecular formula is C12H8FNO3S. The number of carboxylic acid groups (broad SMARTS) is 1. The Morgan fingerprint density at radius 3 is 2.67 bits per heavy atom. The van der Waals surface area contributed by atoms with Gasteiger partial charge in [-0.25, -0.2) is 9.18 Å². The highest BCUT2D eigenvalue weighted by Gasteiger charge is 2.12. The van der Waals surface area contributed by atoms with E-state index in [2.05, 4.69) is 5.32 Å². The Labute approximate surface area is 106 Å². The van der Waals surface area contributed by atoms with Crippen molar-refractivity contribution >= 4 is 28.9 Å². The second kappa shape index (κ2) is 4.97. The van der Waals surface area contributed by atoms with Crippen molar-refractivity contribution in [3.63, 3.8) is 0 Å². The molecule has 1 aromatic carbocycles. The lowest BCUT2D eigenvalue weighted by Gasteiger charge is -2.06. The van der Waals surface area contributed by atoms with E-state index in [9.17, 15) is 14.0 Å². The molecule has 0 aliphatic heterocycles. The summed E-state index contributed by atoms with van der Waals surface area (Å²) < 4.78 is 13.4. The monoisotopic (exact) mass is 265 g/mol. The van der Waals surface area contributed by atoms with Crippen molar-refractivity contribution in [2.75, 3.05) is 5.32 Å². The number of halogens is 1. The van der Waals surface area contributed by atoms with Gasteiger partial charge in [0.05, 0.1) is 16.1 Å². The summed E-state index contributed by atoms with van der Waals surface area (Å²) in [4.78, 5) is 22.9. The van der Waals surface area contributed by atoms with Gasteiger partial charge in [-0.1, -0.05) is 6.07 Å². The van der Waals surface area contributed by atoms with Crippen molar-refractivity contribution in [3.05, 3.63) is 52.0 Å². The topological polar surface area (TPSA) is 66.4 Å². The lowest BCUT2D eigenvalue weighted by atomic mass is 10.2. The summed E-state index contributed by atoms with van der Waals surface area (Å²) >= 11 is 1.22. The normalized spacial score (nSPS) is 10.1. The van der Waals surface area contributed by atoms with Crippen LogP contribution >= 0.6 is 11.3 Å². The molecule has 0 aliphatic carbocycles. The van der Waals surface area contributed by atoms with Crippen LogP contribution in [0.5, 0.6) is 0 Å². The Balaban J connectivity index is 2.26. The van der Waals surface area contributed by atoms with Crippen molar-refractivity contribution in [1.82, 2.24) is 0 Å². The maximum atomic E-state index is 13.4. The molecule has 18 heavy (non-hydrogen) atoms. The van der Waals surface area contributed by atoms with Crippen LogP contribution in [0.1, 0.15) is 20.0 Å². The first-order chi connectivity index (χ1) is 8.58. The molecule has 1 amide bonds. The molecule has 0 saturated carbocycles. The number of rotatable bonds is 3. The molecule has 0 radical (unpaired) electrons. The zero-order valence-electron chi connectivity index (χ0n) is 9.01. The molecular weight excluding hydrogens is 257 g/mol. The Morgan fingerprint density at radius 2 is 2.06 bits per heavy atom. The quantitative estimate of drug-likeness (QED) is 0.896. The number of anilines is 1. The number of carbonyl (C=O) groups excluding carboxylic acids is 1. The van der Waals surface area contributed by atoms with Gasteiger partial charge in [-0.15, -0.1) is 11.3 Å². The van der Waals surface area contributed by atoms with Gasteiger partial charge in [0, 0.05) is 0 Å². The Hall–Kier alpha value is -2.21. The molecule has 2 N–H and O–H groups in total. The second-order valence-electron chi connectivity index (χ2n) is 3.43. The minimum atomic E-state index is -1.18. The molecule has 0 fully saturated rings. The highest BCUT2D eigenvalue weighted by molar-refractivity contribution is 7.12. The van der Waals surface area contributed by atoms with Crippen molar-refractivity contribution in [2.45, 2.75) is 0 Å². The van der Waals surface area contributed by atoms with Gasteiger partial charge in [0.25, 0.3) is 5.91 Å². The first-order valence-electron chi connectivity index (χ1n) is 4.95. The maximum absolute atomic E-state index is 13.4. The molecule has 0 saturated heterocycles. The fourth-order valence-electron chi connectivity index (χ4n) is 1.35. The lowest BCUT2D eigenvalue weighted by Crippen LogP contribution is -2.12. The molecule has 92 valence electrons. The van der Waals surface area contributed by atoms with Crippen molar-refractivity contribution in [1.29, 1.82) is 0 Å². The van der Waals surface area contributed by atoms with Crippen LogP contribution in [0.25, 0.3) is 0 Å². The third kappa shape index (κ3) is 2.54. The predicted octanol–water partition coefficient (Wildman–Crippen LogP) is 2.84. The molecule has 2 aromatic rings. The first kappa shape index (κ1) is 12.3. The number of carbonyl (C=O) groups is 2. The molecule has 6 heteroatoms. The van der Waals surface area contributed by atoms with E-state index in [1.165, 1.54) is 11.3 Å². The van der Waals surface area contributed by atoms with Crippen molar-refractivity contribution in [3.8, 4) is 0 Å². The van der Waals surface area contributed by atoms with E-state index in [-0.39, 0.29) is 11.3 Å². The van der Waals surface area contributed by atoms with E-state index < -0.39 is 17.7 Å². The number of nitrogens with one attached hydrogen (secondary N) is 1. The van der Waals surface area contributed by atoms with Gasteiger partial charge >= 0.3 is 5.97 Å². The van der Waals surface area contributed by atoms with Gasteiger partial charge in [-0.05, 0) is 29.6 Å². The molecule has 0 aliphatic rings. The maximum Gasteiger partial charge on any atom is 0.335 e. The van der Waals surface area contributed by atoms with Gasteiger partial charge in [-0.3, -0.25) is 4.79 Å². The fourth-order valence-corrected chi connectivity index (χ4v) is 1.96. The molecule has 4 nitrogen and oxygen atoms in total. The van der Waals surface area contributed by atoms with Crippen LogP contribution in [-0.4, -0.2) is 17.0 Å². The van der Waals surface area contributed by atoms with Crippen LogP contribution < -0.4 is 5.32 Å². The van der Waals surface area contributed by atoms with Crippen LogP contribution in [0.2, 0.25) is 0 Å². The highest BCUT2D eigenvalue weighted by atomic mass is 32.1. The van der Waals surface area contributed by atoms with E-state index in [0.29, 0.717) is 4.88 Å². The minimum absolute atomic E-state index is 0.0853. The second-order valence-corrected chi connectivity index (χ2v) is 4.38. The number of aromatic carboxylic acids is 1. The summed E-state index contributed by atoms with van der Waals surface area (Å²) in [7, 11) is 0. The number of amides is 1. The largest absolute Gasteiger partial charge is 0.478 e.